The van der Waals surface area contributed by atoms with Crippen molar-refractivity contribution in [2.24, 2.45) is 0 Å². The molecule has 4 heteroatoms. The first-order valence-electron chi connectivity index (χ1n) is 6.85. The maximum absolute atomic E-state index is 12.3. The minimum absolute atomic E-state index is 0.165. The minimum atomic E-state index is -0.165. The van der Waals surface area contributed by atoms with Crippen LogP contribution in [0.2, 0.25) is 0 Å². The van der Waals surface area contributed by atoms with Crippen LogP contribution in [0.5, 0.6) is 0 Å². The highest BCUT2D eigenvalue weighted by Crippen LogP contribution is 2.30. The van der Waals surface area contributed by atoms with Gasteiger partial charge in [-0.15, -0.1) is 0 Å². The zero-order chi connectivity index (χ0) is 15.6. The number of nitrogens with two attached hydrogens (primary N) is 1. The van der Waals surface area contributed by atoms with Gasteiger partial charge in [-0.25, -0.2) is 0 Å². The number of halogens is 1. The second-order valence-electron chi connectivity index (χ2n) is 5.44. The van der Waals surface area contributed by atoms with Crippen LogP contribution in [-0.4, -0.2) is 5.91 Å². The van der Waals surface area contributed by atoms with Crippen molar-refractivity contribution in [3.8, 4) is 0 Å². The summed E-state index contributed by atoms with van der Waals surface area (Å²) in [5, 5.41) is 2.86. The molecule has 0 heterocycles. The van der Waals surface area contributed by atoms with Gasteiger partial charge in [0.05, 0.1) is 11.4 Å². The van der Waals surface area contributed by atoms with Crippen LogP contribution in [0.25, 0.3) is 0 Å². The number of anilines is 2. The summed E-state index contributed by atoms with van der Waals surface area (Å²) in [7, 11) is 0. The summed E-state index contributed by atoms with van der Waals surface area (Å²) in [6, 6.07) is 11.4. The lowest BCUT2D eigenvalue weighted by Gasteiger charge is -2.12. The average Bonchev–Trinajstić information content (AvgIpc) is 2.42. The molecule has 0 atom stereocenters. The number of nitrogens with one attached hydrogen (secondary N) is 1. The van der Waals surface area contributed by atoms with Gasteiger partial charge in [0.1, 0.15) is 0 Å². The minimum Gasteiger partial charge on any atom is -0.397 e. The van der Waals surface area contributed by atoms with Gasteiger partial charge in [0.2, 0.25) is 0 Å². The van der Waals surface area contributed by atoms with E-state index in [1.165, 1.54) is 5.56 Å². The van der Waals surface area contributed by atoms with E-state index in [4.69, 9.17) is 5.73 Å². The number of amides is 1. The van der Waals surface area contributed by atoms with Gasteiger partial charge in [-0.05, 0) is 64.2 Å². The summed E-state index contributed by atoms with van der Waals surface area (Å²) >= 11 is 3.43. The third-order valence-electron chi connectivity index (χ3n) is 3.34. The second kappa shape index (κ2) is 6.31. The van der Waals surface area contributed by atoms with Gasteiger partial charge in [0.15, 0.2) is 0 Å². The Bertz CT molecular complexity index is 640. The smallest absolute Gasteiger partial charge is 0.255 e. The maximum atomic E-state index is 12.3. The first kappa shape index (κ1) is 15.6. The maximum Gasteiger partial charge on any atom is 0.255 e. The van der Waals surface area contributed by atoms with Gasteiger partial charge in [-0.3, -0.25) is 4.79 Å². The lowest BCUT2D eigenvalue weighted by molar-refractivity contribution is 0.102. The lowest BCUT2D eigenvalue weighted by atomic mass is 10.0. The Kier molecular flexibility index (Phi) is 4.68. The summed E-state index contributed by atoms with van der Waals surface area (Å²) in [5.74, 6) is 0.283. The number of carbonyl (C=O) groups is 1. The Hall–Kier alpha value is -1.81. The molecule has 2 aromatic carbocycles. The molecule has 0 bridgehead atoms. The largest absolute Gasteiger partial charge is 0.397 e. The van der Waals surface area contributed by atoms with Crippen LogP contribution in [0.15, 0.2) is 40.9 Å². The van der Waals surface area contributed by atoms with E-state index in [1.807, 2.05) is 43.3 Å². The van der Waals surface area contributed by atoms with E-state index in [9.17, 15) is 4.79 Å². The van der Waals surface area contributed by atoms with E-state index in [0.29, 0.717) is 22.9 Å². The van der Waals surface area contributed by atoms with Crippen molar-refractivity contribution >= 4 is 33.2 Å². The molecule has 0 saturated heterocycles. The summed E-state index contributed by atoms with van der Waals surface area (Å²) < 4.78 is 0.784. The van der Waals surface area contributed by atoms with E-state index in [0.717, 1.165) is 10.0 Å². The Morgan fingerprint density at radius 2 is 1.81 bits per heavy atom. The number of hydrogen-bond donors (Lipinski definition) is 2. The lowest BCUT2D eigenvalue weighted by Crippen LogP contribution is -2.14. The molecule has 0 fully saturated rings. The predicted molar refractivity (Wildman–Crippen MR) is 91.8 cm³/mol. The normalized spacial score (nSPS) is 10.7. The number of aryl methyl sites for hydroxylation is 1. The highest BCUT2D eigenvalue weighted by Gasteiger charge is 2.12. The standard InChI is InChI=1S/C17H19BrN2O/c1-10(2)12-4-6-13(7-5-12)17(21)20-16-14(18)8-11(3)9-15(16)19/h4-10H,19H2,1-3H3,(H,20,21). The molecule has 21 heavy (non-hydrogen) atoms. The fourth-order valence-electron chi connectivity index (χ4n) is 2.11. The zero-order valence-electron chi connectivity index (χ0n) is 12.4. The Balaban J connectivity index is 2.22. The van der Waals surface area contributed by atoms with E-state index in [2.05, 4.69) is 35.1 Å². The van der Waals surface area contributed by atoms with Gasteiger partial charge in [-0.2, -0.15) is 0 Å². The molecule has 2 rings (SSSR count). The molecule has 0 unspecified atom stereocenters. The second-order valence-corrected chi connectivity index (χ2v) is 6.30. The molecule has 110 valence electrons. The van der Waals surface area contributed by atoms with Crippen molar-refractivity contribution in [1.29, 1.82) is 0 Å². The first-order valence-corrected chi connectivity index (χ1v) is 7.64. The molecule has 0 aromatic heterocycles. The van der Waals surface area contributed by atoms with Crippen molar-refractivity contribution in [3.63, 3.8) is 0 Å². The zero-order valence-corrected chi connectivity index (χ0v) is 14.0. The third-order valence-corrected chi connectivity index (χ3v) is 3.97. The summed E-state index contributed by atoms with van der Waals surface area (Å²) in [4.78, 5) is 12.3. The molecule has 0 aliphatic rings. The number of carbonyl (C=O) groups excluding carboxylic acids is 1. The first-order chi connectivity index (χ1) is 9.88. The molecule has 0 aliphatic heterocycles. The molecule has 0 saturated carbocycles. The van der Waals surface area contributed by atoms with Crippen LogP contribution in [0.3, 0.4) is 0 Å². The fourth-order valence-corrected chi connectivity index (χ4v) is 2.80. The highest BCUT2D eigenvalue weighted by molar-refractivity contribution is 9.10. The highest BCUT2D eigenvalue weighted by atomic mass is 79.9. The quantitative estimate of drug-likeness (QED) is 0.790. The summed E-state index contributed by atoms with van der Waals surface area (Å²) in [6.45, 7) is 6.20. The summed E-state index contributed by atoms with van der Waals surface area (Å²) in [5.41, 5.74) is 10.00. The third kappa shape index (κ3) is 3.64. The van der Waals surface area contributed by atoms with Crippen molar-refractivity contribution in [2.75, 3.05) is 11.1 Å². The number of nitrogen functional groups attached to an aromatic ring is 1. The molecule has 2 aromatic rings. The van der Waals surface area contributed by atoms with Crippen molar-refractivity contribution < 1.29 is 4.79 Å². The predicted octanol–water partition coefficient (Wildman–Crippen LogP) is 4.72. The van der Waals surface area contributed by atoms with Crippen LogP contribution >= 0.6 is 15.9 Å². The van der Waals surface area contributed by atoms with Gasteiger partial charge in [-0.1, -0.05) is 26.0 Å². The van der Waals surface area contributed by atoms with E-state index in [-0.39, 0.29) is 5.91 Å². The van der Waals surface area contributed by atoms with E-state index < -0.39 is 0 Å². The number of benzene rings is 2. The molecule has 0 aliphatic carbocycles. The van der Waals surface area contributed by atoms with E-state index >= 15 is 0 Å². The van der Waals surface area contributed by atoms with E-state index in [1.54, 1.807) is 0 Å². The SMILES string of the molecule is Cc1cc(N)c(NC(=O)c2ccc(C(C)C)cc2)c(Br)c1. The van der Waals surface area contributed by atoms with Crippen LogP contribution in [0, 0.1) is 6.92 Å². The topological polar surface area (TPSA) is 55.1 Å². The molecule has 3 nitrogen and oxygen atoms in total. The average molecular weight is 347 g/mol. The monoisotopic (exact) mass is 346 g/mol. The van der Waals surface area contributed by atoms with Crippen molar-refractivity contribution in [1.82, 2.24) is 0 Å². The molecular weight excluding hydrogens is 328 g/mol. The number of rotatable bonds is 3. The van der Waals surface area contributed by atoms with Crippen LogP contribution < -0.4 is 11.1 Å². The molecule has 0 radical (unpaired) electrons. The summed E-state index contributed by atoms with van der Waals surface area (Å²) in [6.07, 6.45) is 0. The Morgan fingerprint density at radius 3 is 2.33 bits per heavy atom. The van der Waals surface area contributed by atoms with Crippen molar-refractivity contribution in [3.05, 3.63) is 57.6 Å². The Morgan fingerprint density at radius 1 is 1.19 bits per heavy atom. The molecule has 1 amide bonds. The van der Waals surface area contributed by atoms with Gasteiger partial charge in [0, 0.05) is 10.0 Å². The van der Waals surface area contributed by atoms with Gasteiger partial charge < -0.3 is 11.1 Å². The van der Waals surface area contributed by atoms with Gasteiger partial charge >= 0.3 is 0 Å². The molecular formula is C17H19BrN2O. The van der Waals surface area contributed by atoms with Crippen molar-refractivity contribution in [2.45, 2.75) is 26.7 Å². The van der Waals surface area contributed by atoms with Crippen LogP contribution in [-0.2, 0) is 0 Å². The van der Waals surface area contributed by atoms with Crippen LogP contribution in [0.4, 0.5) is 11.4 Å². The number of hydrogen-bond acceptors (Lipinski definition) is 2. The molecule has 0 spiro atoms. The van der Waals surface area contributed by atoms with Crippen LogP contribution in [0.1, 0.15) is 41.3 Å². The van der Waals surface area contributed by atoms with Gasteiger partial charge in [0.25, 0.3) is 5.91 Å². The fraction of sp³-hybridized carbons (Fsp3) is 0.235. The Labute approximate surface area is 133 Å². The molecule has 3 N–H and O–H groups in total.